The topological polar surface area (TPSA) is 134 Å². The maximum atomic E-state index is 15.8. The second-order valence-corrected chi connectivity index (χ2v) is 13.2. The number of hydrogen-bond acceptors (Lipinski definition) is 10. The molecular weight excluding hydrogens is 699 g/mol. The fourth-order valence-electron chi connectivity index (χ4n) is 4.44. The van der Waals surface area contributed by atoms with Gasteiger partial charge in [-0.05, 0) is 30.3 Å². The van der Waals surface area contributed by atoms with Crippen LogP contribution in [0.5, 0.6) is 17.2 Å². The van der Waals surface area contributed by atoms with Gasteiger partial charge in [-0.2, -0.15) is 8.78 Å². The van der Waals surface area contributed by atoms with E-state index in [2.05, 4.69) is 15.0 Å². The minimum absolute atomic E-state index is 0.0365. The van der Waals surface area contributed by atoms with Crippen LogP contribution in [-0.4, -0.2) is 77.5 Å². The number of amides is 1. The summed E-state index contributed by atoms with van der Waals surface area (Å²) in [6, 6.07) is 10.6. The third kappa shape index (κ3) is 8.45. The van der Waals surface area contributed by atoms with Crippen molar-refractivity contribution in [1.82, 2.24) is 9.88 Å². The van der Waals surface area contributed by atoms with Crippen molar-refractivity contribution in [3.05, 3.63) is 76.5 Å². The SMILES string of the molecule is COc1ccc(CN(c2nccs2)S(=O)(=O)c2cc(Cl)c(Nc3ccc(OC(F)F)cc3N(C)CCN(C)C(=O)O)cc2F)c(OC)c1. The van der Waals surface area contributed by atoms with Crippen LogP contribution in [0.4, 0.5) is 40.2 Å². The van der Waals surface area contributed by atoms with Crippen molar-refractivity contribution >= 4 is 61.2 Å². The second-order valence-electron chi connectivity index (χ2n) is 10.1. The number of nitrogens with zero attached hydrogens (tertiary/aromatic N) is 4. The van der Waals surface area contributed by atoms with Crippen LogP contribution in [0.15, 0.2) is 65.0 Å². The summed E-state index contributed by atoms with van der Waals surface area (Å²) in [4.78, 5) is 17.3. The summed E-state index contributed by atoms with van der Waals surface area (Å²) in [6.07, 6.45) is 0.251. The Morgan fingerprint density at radius 1 is 1.04 bits per heavy atom. The average Bonchev–Trinajstić information content (AvgIpc) is 3.58. The molecule has 0 aliphatic carbocycles. The Morgan fingerprint density at radius 3 is 2.40 bits per heavy atom. The van der Waals surface area contributed by atoms with Gasteiger partial charge in [-0.25, -0.2) is 26.9 Å². The third-order valence-electron chi connectivity index (χ3n) is 7.00. The largest absolute Gasteiger partial charge is 0.497 e. The molecule has 0 unspecified atom stereocenters. The zero-order chi connectivity index (χ0) is 35.2. The summed E-state index contributed by atoms with van der Waals surface area (Å²) in [5.41, 5.74) is 0.950. The number of rotatable bonds is 15. The molecule has 0 aliphatic rings. The highest BCUT2D eigenvalue weighted by molar-refractivity contribution is 7.93. The lowest BCUT2D eigenvalue weighted by molar-refractivity contribution is -0.0498. The van der Waals surface area contributed by atoms with Crippen molar-refractivity contribution in [1.29, 1.82) is 0 Å². The van der Waals surface area contributed by atoms with Crippen LogP contribution in [0, 0.1) is 5.82 Å². The first-order valence-electron chi connectivity index (χ1n) is 13.9. The molecule has 2 N–H and O–H groups in total. The Bertz CT molecular complexity index is 1850. The van der Waals surface area contributed by atoms with E-state index in [9.17, 15) is 27.1 Å². The van der Waals surface area contributed by atoms with Crippen molar-refractivity contribution in [2.45, 2.75) is 18.1 Å². The number of alkyl halides is 2. The molecule has 0 saturated carbocycles. The van der Waals surface area contributed by atoms with E-state index in [1.54, 1.807) is 35.5 Å². The standard InChI is InChI=1S/C30H31ClF3N5O7S2/c1-37(10-11-38(2)30(40)41)25-13-20(46-28(33)34)7-8-23(25)36-24-16-22(32)27(15-21(24)31)48(42,43)39(29-35-9-12-47-29)17-18-5-6-19(44-3)14-26(18)45-4/h5-9,12-16,28,36H,10-11,17H2,1-4H3,(H,40,41). The lowest BCUT2D eigenvalue weighted by Crippen LogP contribution is -2.34. The van der Waals surface area contributed by atoms with Gasteiger partial charge in [0.1, 0.15) is 28.0 Å². The van der Waals surface area contributed by atoms with Gasteiger partial charge >= 0.3 is 12.7 Å². The first-order valence-corrected chi connectivity index (χ1v) is 16.6. The number of aromatic nitrogens is 1. The quantitative estimate of drug-likeness (QED) is 0.136. The van der Waals surface area contributed by atoms with Crippen LogP contribution in [0.1, 0.15) is 5.56 Å². The van der Waals surface area contributed by atoms with Crippen LogP contribution < -0.4 is 28.7 Å². The van der Waals surface area contributed by atoms with Crippen molar-refractivity contribution < 1.29 is 45.7 Å². The van der Waals surface area contributed by atoms with Crippen LogP contribution in [-0.2, 0) is 16.6 Å². The first kappa shape index (κ1) is 36.2. The summed E-state index contributed by atoms with van der Waals surface area (Å²) < 4.78 is 85.9. The molecule has 3 aromatic carbocycles. The fourth-order valence-corrected chi connectivity index (χ4v) is 7.06. The number of nitrogens with one attached hydrogen (secondary N) is 1. The predicted octanol–water partition coefficient (Wildman–Crippen LogP) is 6.74. The smallest absolute Gasteiger partial charge is 0.407 e. The number of hydrogen-bond donors (Lipinski definition) is 2. The second kappa shape index (κ2) is 15.5. The Kier molecular flexibility index (Phi) is 11.7. The van der Waals surface area contributed by atoms with Crippen molar-refractivity contribution in [3.63, 3.8) is 0 Å². The van der Waals surface area contributed by atoms with Gasteiger partial charge in [-0.3, -0.25) is 0 Å². The minimum Gasteiger partial charge on any atom is -0.497 e. The molecule has 0 radical (unpaired) electrons. The number of ether oxygens (including phenoxy) is 3. The van der Waals surface area contributed by atoms with Gasteiger partial charge in [0.2, 0.25) is 0 Å². The molecule has 0 atom stereocenters. The van der Waals surface area contributed by atoms with Crippen LogP contribution in [0.2, 0.25) is 5.02 Å². The lowest BCUT2D eigenvalue weighted by atomic mass is 10.2. The number of anilines is 4. The fraction of sp³-hybridized carbons (Fsp3) is 0.267. The van der Waals surface area contributed by atoms with Crippen LogP contribution in [0.25, 0.3) is 0 Å². The van der Waals surface area contributed by atoms with Crippen molar-refractivity contribution in [3.8, 4) is 17.2 Å². The van der Waals surface area contributed by atoms with Crippen molar-refractivity contribution in [2.75, 3.05) is 55.9 Å². The van der Waals surface area contributed by atoms with E-state index in [-0.39, 0.29) is 52.6 Å². The third-order valence-corrected chi connectivity index (χ3v) is 9.98. The number of carbonyl (C=O) groups is 1. The number of benzene rings is 3. The number of halogens is 4. The number of methoxy groups -OCH3 is 2. The molecule has 1 amide bonds. The van der Waals surface area contributed by atoms with Crippen LogP contribution in [0.3, 0.4) is 0 Å². The van der Waals surface area contributed by atoms with Gasteiger partial charge in [0, 0.05) is 62.5 Å². The Balaban J connectivity index is 1.70. The van der Waals surface area contributed by atoms with E-state index >= 15 is 4.39 Å². The highest BCUT2D eigenvalue weighted by Gasteiger charge is 2.32. The molecule has 18 heteroatoms. The highest BCUT2D eigenvalue weighted by Crippen LogP contribution is 2.38. The number of thiazole rings is 1. The zero-order valence-electron chi connectivity index (χ0n) is 26.0. The summed E-state index contributed by atoms with van der Waals surface area (Å²) in [5.74, 6) is -0.498. The van der Waals surface area contributed by atoms with E-state index < -0.39 is 33.4 Å². The molecule has 4 aromatic rings. The molecule has 1 aromatic heterocycles. The molecule has 1 heterocycles. The first-order chi connectivity index (χ1) is 22.7. The molecule has 0 bridgehead atoms. The molecule has 0 saturated heterocycles. The number of likely N-dealkylation sites (N-methyl/N-ethyl adjacent to an activating group) is 2. The van der Waals surface area contributed by atoms with E-state index in [1.165, 1.54) is 45.7 Å². The van der Waals surface area contributed by atoms with Gasteiger partial charge in [-0.15, -0.1) is 11.3 Å². The van der Waals surface area contributed by atoms with Gasteiger partial charge in [-0.1, -0.05) is 11.6 Å². The normalized spacial score (nSPS) is 11.3. The Hall–Kier alpha value is -4.61. The summed E-state index contributed by atoms with van der Waals surface area (Å²) in [5, 5.41) is 13.6. The lowest BCUT2D eigenvalue weighted by Gasteiger charge is -2.26. The molecule has 0 fully saturated rings. The Morgan fingerprint density at radius 2 is 1.77 bits per heavy atom. The minimum atomic E-state index is -4.61. The van der Waals surface area contributed by atoms with Gasteiger partial charge in [0.15, 0.2) is 5.13 Å². The summed E-state index contributed by atoms with van der Waals surface area (Å²) in [6.45, 7) is -3.17. The van der Waals surface area contributed by atoms with E-state index in [0.717, 1.165) is 32.7 Å². The molecule has 4 rings (SSSR count). The highest BCUT2D eigenvalue weighted by atomic mass is 35.5. The molecule has 12 nitrogen and oxygen atoms in total. The molecule has 258 valence electrons. The van der Waals surface area contributed by atoms with Gasteiger partial charge in [0.25, 0.3) is 10.0 Å². The molecule has 0 spiro atoms. The zero-order valence-corrected chi connectivity index (χ0v) is 28.4. The number of carboxylic acid groups (broad SMARTS) is 1. The van der Waals surface area contributed by atoms with Gasteiger partial charge in [0.05, 0.1) is 42.8 Å². The molecule has 0 aliphatic heterocycles. The summed E-state index contributed by atoms with van der Waals surface area (Å²) in [7, 11) is 1.24. The maximum absolute atomic E-state index is 15.8. The van der Waals surface area contributed by atoms with Crippen molar-refractivity contribution in [2.24, 2.45) is 0 Å². The summed E-state index contributed by atoms with van der Waals surface area (Å²) >= 11 is 7.56. The van der Waals surface area contributed by atoms with Gasteiger partial charge < -0.3 is 34.4 Å². The van der Waals surface area contributed by atoms with E-state index in [1.807, 2.05) is 0 Å². The predicted molar refractivity (Wildman–Crippen MR) is 177 cm³/mol. The van der Waals surface area contributed by atoms with Crippen LogP contribution >= 0.6 is 22.9 Å². The molecule has 48 heavy (non-hydrogen) atoms. The Labute approximate surface area is 283 Å². The molecular formula is C30H31ClF3N5O7S2. The van der Waals surface area contributed by atoms with E-state index in [0.29, 0.717) is 17.1 Å². The van der Waals surface area contributed by atoms with E-state index in [4.69, 9.17) is 21.1 Å². The maximum Gasteiger partial charge on any atom is 0.407 e. The average molecular weight is 730 g/mol. The monoisotopic (exact) mass is 729 g/mol. The number of sulfonamides is 1.